The lowest BCUT2D eigenvalue weighted by molar-refractivity contribution is -0.0666. The van der Waals surface area contributed by atoms with Gasteiger partial charge in [0.05, 0.1) is 4.90 Å². The van der Waals surface area contributed by atoms with Crippen molar-refractivity contribution in [2.24, 2.45) is 23.2 Å². The van der Waals surface area contributed by atoms with Crippen LogP contribution in [0.25, 0.3) is 0 Å². The molecule has 0 saturated heterocycles. The molecule has 0 aliphatic heterocycles. The van der Waals surface area contributed by atoms with Gasteiger partial charge >= 0.3 is 0 Å². The topological polar surface area (TPSA) is 46.2 Å². The number of nitrogens with one attached hydrogen (secondary N) is 1. The molecule has 4 bridgehead atoms. The monoisotopic (exact) mass is 445 g/mol. The van der Waals surface area contributed by atoms with Crippen molar-refractivity contribution in [3.8, 4) is 0 Å². The summed E-state index contributed by atoms with van der Waals surface area (Å²) in [6, 6.07) is 4.28. The molecule has 1 aromatic carbocycles. The van der Waals surface area contributed by atoms with Gasteiger partial charge in [0.15, 0.2) is 0 Å². The predicted molar refractivity (Wildman–Crippen MR) is 129 cm³/mol. The molecule has 0 aromatic heterocycles. The first-order valence-electron chi connectivity index (χ1n) is 12.6. The molecule has 4 aliphatic rings. The zero-order chi connectivity index (χ0) is 22.7. The molecule has 4 fully saturated rings. The van der Waals surface area contributed by atoms with Crippen molar-refractivity contribution >= 4 is 10.0 Å². The Kier molecular flexibility index (Phi) is 6.14. The maximum atomic E-state index is 14.0. The van der Waals surface area contributed by atoms with Crippen molar-refractivity contribution in [3.63, 3.8) is 0 Å². The fourth-order valence-corrected chi connectivity index (χ4v) is 9.37. The average Bonchev–Trinajstić information content (AvgIpc) is 2.65. The Morgan fingerprint density at radius 1 is 0.774 bits per heavy atom. The smallest absolute Gasteiger partial charge is 0.208 e. The van der Waals surface area contributed by atoms with Gasteiger partial charge in [0.2, 0.25) is 10.0 Å². The molecule has 4 saturated carbocycles. The summed E-state index contributed by atoms with van der Waals surface area (Å²) in [5.74, 6) is 3.17. The Bertz CT molecular complexity index is 864. The summed E-state index contributed by atoms with van der Waals surface area (Å²) in [6.45, 7) is 15.0. The summed E-state index contributed by atoms with van der Waals surface area (Å²) in [5, 5.41) is 0. The van der Waals surface area contributed by atoms with Gasteiger partial charge in [0.1, 0.15) is 0 Å². The van der Waals surface area contributed by atoms with Crippen LogP contribution < -0.4 is 4.72 Å². The molecule has 0 amide bonds. The van der Waals surface area contributed by atoms with Crippen LogP contribution in [-0.4, -0.2) is 14.5 Å². The second kappa shape index (κ2) is 8.17. The van der Waals surface area contributed by atoms with Gasteiger partial charge in [0, 0.05) is 6.04 Å². The van der Waals surface area contributed by atoms with E-state index >= 15 is 0 Å². The number of sulfonamides is 1. The van der Waals surface area contributed by atoms with Gasteiger partial charge in [-0.1, -0.05) is 53.7 Å². The number of hydrogen-bond acceptors (Lipinski definition) is 2. The highest BCUT2D eigenvalue weighted by molar-refractivity contribution is 7.89. The van der Waals surface area contributed by atoms with E-state index in [9.17, 15) is 8.42 Å². The number of rotatable bonds is 7. The molecule has 5 rings (SSSR count). The highest BCUT2D eigenvalue weighted by Gasteiger charge is 2.53. The lowest BCUT2D eigenvalue weighted by atomic mass is 9.48. The molecule has 0 spiro atoms. The molecule has 174 valence electrons. The largest absolute Gasteiger partial charge is 0.241 e. The third-order valence-electron chi connectivity index (χ3n) is 8.68. The van der Waals surface area contributed by atoms with Gasteiger partial charge in [-0.3, -0.25) is 0 Å². The van der Waals surface area contributed by atoms with E-state index in [1.807, 2.05) is 0 Å². The maximum absolute atomic E-state index is 14.0. The van der Waals surface area contributed by atoms with Crippen molar-refractivity contribution in [2.45, 2.75) is 116 Å². The average molecular weight is 446 g/mol. The van der Waals surface area contributed by atoms with E-state index in [0.29, 0.717) is 10.8 Å². The second-order valence-corrected chi connectivity index (χ2v) is 13.8. The zero-order valence-electron chi connectivity index (χ0n) is 20.7. The van der Waals surface area contributed by atoms with Crippen LogP contribution in [-0.2, 0) is 10.0 Å². The van der Waals surface area contributed by atoms with Crippen molar-refractivity contribution in [2.75, 3.05) is 0 Å². The summed E-state index contributed by atoms with van der Waals surface area (Å²) in [7, 11) is -3.60. The molecule has 1 N–H and O–H groups in total. The second-order valence-electron chi connectivity index (χ2n) is 12.1. The normalized spacial score (nSPS) is 31.2. The molecule has 0 unspecified atom stereocenters. The lowest BCUT2D eigenvalue weighted by Crippen LogP contribution is -2.55. The summed E-state index contributed by atoms with van der Waals surface area (Å²) in [4.78, 5) is 0.554. The maximum Gasteiger partial charge on any atom is 0.241 e. The Morgan fingerprint density at radius 3 is 1.55 bits per heavy atom. The van der Waals surface area contributed by atoms with Crippen LogP contribution in [0, 0.1) is 23.2 Å². The van der Waals surface area contributed by atoms with E-state index in [4.69, 9.17) is 0 Å². The molecule has 3 nitrogen and oxygen atoms in total. The fourth-order valence-electron chi connectivity index (χ4n) is 7.32. The van der Waals surface area contributed by atoms with Gasteiger partial charge in [-0.2, -0.15) is 0 Å². The van der Waals surface area contributed by atoms with E-state index in [2.05, 4.69) is 65.3 Å². The van der Waals surface area contributed by atoms with Gasteiger partial charge in [-0.15, -0.1) is 0 Å². The van der Waals surface area contributed by atoms with E-state index in [1.165, 1.54) is 44.1 Å². The Morgan fingerprint density at radius 2 is 1.19 bits per heavy atom. The standard InChI is InChI=1S/C27H43NO2S/c1-16(2)23-11-24(17(3)4)26(25(12-23)18(5)6)31(29,30)28-19(7)27-13-20-8-21(14-27)10-22(9-20)15-27/h11-12,16-22,28H,8-10,13-15H2,1-7H3/t19-,20?,21?,22?,27?/m1/s1. The minimum Gasteiger partial charge on any atom is -0.208 e. The van der Waals surface area contributed by atoms with Crippen LogP contribution >= 0.6 is 0 Å². The molecule has 4 aliphatic carbocycles. The Balaban J connectivity index is 1.71. The van der Waals surface area contributed by atoms with E-state index in [1.54, 1.807) is 0 Å². The fraction of sp³-hybridized carbons (Fsp3) is 0.778. The van der Waals surface area contributed by atoms with Crippen molar-refractivity contribution in [1.29, 1.82) is 0 Å². The van der Waals surface area contributed by atoms with Crippen LogP contribution in [0.4, 0.5) is 0 Å². The van der Waals surface area contributed by atoms with Crippen molar-refractivity contribution in [1.82, 2.24) is 4.72 Å². The molecule has 1 atom stereocenters. The van der Waals surface area contributed by atoms with Crippen molar-refractivity contribution < 1.29 is 8.42 Å². The number of hydrogen-bond donors (Lipinski definition) is 1. The van der Waals surface area contributed by atoms with Gasteiger partial charge in [-0.05, 0) is 103 Å². The van der Waals surface area contributed by atoms with E-state index in [-0.39, 0.29) is 23.3 Å². The summed E-state index contributed by atoms with van der Waals surface area (Å²) in [5.41, 5.74) is 3.34. The predicted octanol–water partition coefficient (Wildman–Crippen LogP) is 6.94. The molecular weight excluding hydrogens is 402 g/mol. The van der Waals surface area contributed by atoms with Crippen LogP contribution in [0.2, 0.25) is 0 Å². The molecule has 0 heterocycles. The first kappa shape index (κ1) is 23.3. The number of benzene rings is 1. The molecule has 31 heavy (non-hydrogen) atoms. The highest BCUT2D eigenvalue weighted by Crippen LogP contribution is 2.61. The highest BCUT2D eigenvalue weighted by atomic mass is 32.2. The summed E-state index contributed by atoms with van der Waals surface area (Å²) < 4.78 is 31.2. The first-order chi connectivity index (χ1) is 14.4. The summed E-state index contributed by atoms with van der Waals surface area (Å²) >= 11 is 0. The third kappa shape index (κ3) is 4.24. The van der Waals surface area contributed by atoms with Gasteiger partial charge in [0.25, 0.3) is 0 Å². The lowest BCUT2D eigenvalue weighted by Gasteiger charge is -2.59. The zero-order valence-corrected chi connectivity index (χ0v) is 21.5. The van der Waals surface area contributed by atoms with Crippen LogP contribution in [0.3, 0.4) is 0 Å². The first-order valence-corrected chi connectivity index (χ1v) is 14.1. The van der Waals surface area contributed by atoms with Crippen molar-refractivity contribution in [3.05, 3.63) is 28.8 Å². The van der Waals surface area contributed by atoms with Crippen LogP contribution in [0.1, 0.15) is 121 Å². The molecule has 4 heteroatoms. The third-order valence-corrected chi connectivity index (χ3v) is 10.4. The van der Waals surface area contributed by atoms with Gasteiger partial charge in [-0.25, -0.2) is 13.1 Å². The SMILES string of the molecule is CC(C)c1cc(C(C)C)c(S(=O)(=O)N[C@H](C)C23CC4CC(CC(C4)C2)C3)c(C(C)C)c1. The molecular formula is C27H43NO2S. The minimum absolute atomic E-state index is 0.00398. The Hall–Kier alpha value is -0.870. The minimum atomic E-state index is -3.60. The van der Waals surface area contributed by atoms with Crippen LogP contribution in [0.5, 0.6) is 0 Å². The quantitative estimate of drug-likeness (QED) is 0.494. The summed E-state index contributed by atoms with van der Waals surface area (Å²) in [6.07, 6.45) is 7.77. The van der Waals surface area contributed by atoms with E-state index < -0.39 is 10.0 Å². The van der Waals surface area contributed by atoms with E-state index in [0.717, 1.165) is 28.9 Å². The molecule has 1 aromatic rings. The van der Waals surface area contributed by atoms with Crippen LogP contribution in [0.15, 0.2) is 17.0 Å². The molecule has 0 radical (unpaired) electrons. The van der Waals surface area contributed by atoms with Gasteiger partial charge < -0.3 is 0 Å². The Labute approximate surface area is 190 Å².